The van der Waals surface area contributed by atoms with E-state index < -0.39 is 50.9 Å². The zero-order valence-corrected chi connectivity index (χ0v) is 11.8. The van der Waals surface area contributed by atoms with Gasteiger partial charge in [-0.25, -0.2) is 9.18 Å². The van der Waals surface area contributed by atoms with E-state index in [1.807, 2.05) is 4.98 Å². The fraction of sp³-hybridized carbons (Fsp3) is 0.600. The van der Waals surface area contributed by atoms with E-state index in [-0.39, 0.29) is 0 Å². The van der Waals surface area contributed by atoms with Gasteiger partial charge in [0, 0.05) is 16.8 Å². The lowest BCUT2D eigenvalue weighted by Gasteiger charge is -2.32. The maximum absolute atomic E-state index is 14.6. The summed E-state index contributed by atoms with van der Waals surface area (Å²) in [6.07, 6.45) is -1.59. The van der Waals surface area contributed by atoms with E-state index in [0.29, 0.717) is 0 Å². The zero-order valence-electron chi connectivity index (χ0n) is 10.9. The van der Waals surface area contributed by atoms with Crippen molar-refractivity contribution in [3.63, 3.8) is 0 Å². The van der Waals surface area contributed by atoms with Gasteiger partial charge in [0.15, 0.2) is 18.9 Å². The topological polar surface area (TPSA) is 120 Å². The standard InChI is InChI=1S/C10H12FN2O7P/c1-6-10(11,5-18-21(17)20-6)19-8(4-14)13-3-2-7(15)12-9(13)16/h2-3,6,8,14H,4-5H2,1H3/p+1/t6-,8+,10+/m0/s1. The van der Waals surface area contributed by atoms with Crippen molar-refractivity contribution < 1.29 is 27.8 Å². The summed E-state index contributed by atoms with van der Waals surface area (Å²) in [5.74, 6) is -2.51. The second-order valence-corrected chi connectivity index (χ2v) is 5.22. The lowest BCUT2D eigenvalue weighted by atomic mass is 10.2. The molecular formula is C10H13FN2O7P+. The van der Waals surface area contributed by atoms with Crippen molar-refractivity contribution >= 4 is 8.25 Å². The summed E-state index contributed by atoms with van der Waals surface area (Å²) >= 11 is 0. The Morgan fingerprint density at radius 2 is 2.43 bits per heavy atom. The maximum Gasteiger partial charge on any atom is 0.698 e. The number of nitrogens with one attached hydrogen (secondary N) is 1. The predicted octanol–water partition coefficient (Wildman–Crippen LogP) is -0.197. The van der Waals surface area contributed by atoms with Crippen LogP contribution in [0.3, 0.4) is 0 Å². The normalized spacial score (nSPS) is 29.3. The van der Waals surface area contributed by atoms with E-state index in [1.165, 1.54) is 6.92 Å². The van der Waals surface area contributed by atoms with Crippen molar-refractivity contribution in [1.82, 2.24) is 9.55 Å². The van der Waals surface area contributed by atoms with Gasteiger partial charge < -0.3 is 9.84 Å². The molecule has 9 nitrogen and oxygen atoms in total. The molecule has 1 unspecified atom stereocenters. The Hall–Kier alpha value is -1.45. The van der Waals surface area contributed by atoms with Crippen LogP contribution in [0, 0.1) is 0 Å². The van der Waals surface area contributed by atoms with Crippen LogP contribution in [0.25, 0.3) is 0 Å². The maximum atomic E-state index is 14.6. The molecule has 0 amide bonds. The fourth-order valence-electron chi connectivity index (χ4n) is 1.69. The first-order valence-electron chi connectivity index (χ1n) is 5.92. The van der Waals surface area contributed by atoms with Crippen molar-refractivity contribution in [2.24, 2.45) is 0 Å². The molecule has 4 atom stereocenters. The van der Waals surface area contributed by atoms with Crippen LogP contribution < -0.4 is 11.2 Å². The molecule has 1 fully saturated rings. The average Bonchev–Trinajstić information content (AvgIpc) is 2.42. The van der Waals surface area contributed by atoms with Crippen LogP contribution in [0.4, 0.5) is 4.39 Å². The number of halogens is 1. The number of alkyl halides is 1. The van der Waals surface area contributed by atoms with E-state index in [2.05, 4.69) is 4.52 Å². The van der Waals surface area contributed by atoms with E-state index >= 15 is 0 Å². The first-order chi connectivity index (χ1) is 9.85. The number of hydrogen-bond acceptors (Lipinski definition) is 7. The molecule has 1 saturated heterocycles. The molecule has 11 heteroatoms. The largest absolute Gasteiger partial charge is 0.698 e. The van der Waals surface area contributed by atoms with Gasteiger partial charge in [0.05, 0.1) is 6.61 Å². The van der Waals surface area contributed by atoms with Gasteiger partial charge in [-0.2, -0.15) is 0 Å². The number of rotatable bonds is 4. The molecular weight excluding hydrogens is 310 g/mol. The van der Waals surface area contributed by atoms with Gasteiger partial charge in [0.25, 0.3) is 11.4 Å². The van der Waals surface area contributed by atoms with Crippen molar-refractivity contribution in [2.45, 2.75) is 25.1 Å². The molecule has 116 valence electrons. The Balaban J connectivity index is 2.24. The second kappa shape index (κ2) is 6.12. The number of aliphatic hydroxyl groups excluding tert-OH is 1. The summed E-state index contributed by atoms with van der Waals surface area (Å²) < 4.78 is 40.7. The summed E-state index contributed by atoms with van der Waals surface area (Å²) in [5, 5.41) is 9.27. The minimum atomic E-state index is -2.51. The molecule has 0 aromatic carbocycles. The first-order valence-corrected chi connectivity index (χ1v) is 7.01. The molecule has 2 rings (SSSR count). The Bertz CT molecular complexity index is 647. The highest BCUT2D eigenvalue weighted by atomic mass is 31.1. The van der Waals surface area contributed by atoms with Gasteiger partial charge in [0.2, 0.25) is 0 Å². The molecule has 1 aromatic heterocycles. The highest BCUT2D eigenvalue weighted by Gasteiger charge is 2.53. The van der Waals surface area contributed by atoms with Crippen molar-refractivity contribution in [3.05, 3.63) is 33.1 Å². The highest BCUT2D eigenvalue weighted by Crippen LogP contribution is 2.40. The van der Waals surface area contributed by atoms with E-state index in [0.717, 1.165) is 16.8 Å². The van der Waals surface area contributed by atoms with Gasteiger partial charge in [0.1, 0.15) is 0 Å². The quantitative estimate of drug-likeness (QED) is 0.736. The Morgan fingerprint density at radius 1 is 1.71 bits per heavy atom. The van der Waals surface area contributed by atoms with Crippen LogP contribution in [-0.4, -0.2) is 39.8 Å². The molecule has 0 spiro atoms. The molecule has 0 saturated carbocycles. The first kappa shape index (κ1) is 15.9. The number of aromatic nitrogens is 2. The number of hydrogen-bond donors (Lipinski definition) is 2. The molecule has 1 aromatic rings. The van der Waals surface area contributed by atoms with Crippen molar-refractivity contribution in [1.29, 1.82) is 0 Å². The van der Waals surface area contributed by atoms with Crippen LogP contribution in [-0.2, 0) is 18.3 Å². The number of aromatic amines is 1. The van der Waals surface area contributed by atoms with Gasteiger partial charge in [-0.15, -0.1) is 9.05 Å². The summed E-state index contributed by atoms with van der Waals surface area (Å²) in [5.41, 5.74) is -1.51. The summed E-state index contributed by atoms with van der Waals surface area (Å²) in [6.45, 7) is -0.145. The molecule has 2 heterocycles. The van der Waals surface area contributed by atoms with Crippen LogP contribution in [0.15, 0.2) is 21.9 Å². The molecule has 0 aliphatic carbocycles. The average molecular weight is 323 g/mol. The monoisotopic (exact) mass is 323 g/mol. The summed E-state index contributed by atoms with van der Waals surface area (Å²) in [4.78, 5) is 24.5. The van der Waals surface area contributed by atoms with Gasteiger partial charge >= 0.3 is 13.9 Å². The third-order valence-corrected chi connectivity index (χ3v) is 3.70. The van der Waals surface area contributed by atoms with E-state index in [9.17, 15) is 23.7 Å². The lowest BCUT2D eigenvalue weighted by Crippen LogP contribution is -2.49. The van der Waals surface area contributed by atoms with Crippen molar-refractivity contribution in [2.75, 3.05) is 13.2 Å². The smallest absolute Gasteiger partial charge is 0.392 e. The minimum absolute atomic E-state index is 0.641. The van der Waals surface area contributed by atoms with Crippen LogP contribution in [0.1, 0.15) is 13.2 Å². The molecule has 0 radical (unpaired) electrons. The van der Waals surface area contributed by atoms with Gasteiger partial charge in [-0.3, -0.25) is 14.3 Å². The molecule has 0 bridgehead atoms. The summed E-state index contributed by atoms with van der Waals surface area (Å²) in [6, 6.07) is 1.02. The van der Waals surface area contributed by atoms with Crippen molar-refractivity contribution in [3.8, 4) is 0 Å². The van der Waals surface area contributed by atoms with E-state index in [1.54, 1.807) is 0 Å². The molecule has 1 aliphatic heterocycles. The molecule has 21 heavy (non-hydrogen) atoms. The number of nitrogens with zero attached hydrogens (tertiary/aromatic N) is 1. The van der Waals surface area contributed by atoms with Gasteiger partial charge in [-0.05, 0) is 6.92 Å². The predicted molar refractivity (Wildman–Crippen MR) is 66.5 cm³/mol. The van der Waals surface area contributed by atoms with Gasteiger partial charge in [-0.1, -0.05) is 0 Å². The Kier molecular flexibility index (Phi) is 4.64. The number of H-pyrrole nitrogens is 1. The minimum Gasteiger partial charge on any atom is -0.392 e. The molecule has 1 aliphatic rings. The fourth-order valence-corrected chi connectivity index (χ4v) is 2.45. The summed E-state index contributed by atoms with van der Waals surface area (Å²) in [7, 11) is -2.43. The van der Waals surface area contributed by atoms with Crippen LogP contribution in [0.5, 0.6) is 0 Å². The highest BCUT2D eigenvalue weighted by molar-refractivity contribution is 7.33. The Labute approximate surface area is 118 Å². The molecule has 2 N–H and O–H groups in total. The van der Waals surface area contributed by atoms with E-state index in [4.69, 9.17) is 9.26 Å². The second-order valence-electron chi connectivity index (χ2n) is 4.30. The van der Waals surface area contributed by atoms with Crippen LogP contribution in [0.2, 0.25) is 0 Å². The van der Waals surface area contributed by atoms with Crippen LogP contribution >= 0.6 is 8.25 Å². The number of ether oxygens (including phenoxy) is 1. The SMILES string of the molecule is C[C@@H]1O[P+](=O)OC[C@@]1(F)O[C@H](CO)n1ccc(=O)[nH]c1=O. The lowest BCUT2D eigenvalue weighted by molar-refractivity contribution is -0.270. The number of aliphatic hydroxyl groups is 1. The Morgan fingerprint density at radius 3 is 3.00 bits per heavy atom. The zero-order chi connectivity index (χ0) is 15.6. The third-order valence-electron chi connectivity index (χ3n) is 2.87. The third kappa shape index (κ3) is 3.42.